The van der Waals surface area contributed by atoms with Crippen LogP contribution in [0, 0.1) is 0 Å². The SMILES string of the molecule is CC/C=C\C/C=C\C/C=C\C/C=C\C/C=C\CC(=O)OC(COC(=O)CCCCCCCCC)COC(=O)CCCCCCCCCCCCCCCCCCCCCCCCCCCCCCCCCCCCC. The van der Waals surface area contributed by atoms with Crippen molar-refractivity contribution < 1.29 is 28.6 Å². The maximum atomic E-state index is 12.7. The predicted molar refractivity (Wildman–Crippen MR) is 325 cm³/mol. The van der Waals surface area contributed by atoms with Crippen molar-refractivity contribution in [1.82, 2.24) is 0 Å². The summed E-state index contributed by atoms with van der Waals surface area (Å²) in [6.45, 7) is 6.43. The molecule has 1 unspecified atom stereocenters. The van der Waals surface area contributed by atoms with Gasteiger partial charge in [0, 0.05) is 12.8 Å². The van der Waals surface area contributed by atoms with Gasteiger partial charge < -0.3 is 14.2 Å². The summed E-state index contributed by atoms with van der Waals surface area (Å²) in [5.74, 6) is -1.04. The van der Waals surface area contributed by atoms with Crippen LogP contribution >= 0.6 is 0 Å². The molecule has 0 saturated heterocycles. The maximum absolute atomic E-state index is 12.7. The van der Waals surface area contributed by atoms with Gasteiger partial charge in [-0.2, -0.15) is 0 Å². The average Bonchev–Trinajstić information content (AvgIpc) is 3.41. The van der Waals surface area contributed by atoms with Gasteiger partial charge in [0.1, 0.15) is 13.2 Å². The Morgan fingerprint density at radius 2 is 0.507 bits per heavy atom. The minimum absolute atomic E-state index is 0.101. The largest absolute Gasteiger partial charge is 0.462 e. The van der Waals surface area contributed by atoms with Gasteiger partial charge in [0.25, 0.3) is 0 Å². The Kier molecular flexibility index (Phi) is 61.2. The van der Waals surface area contributed by atoms with Crippen molar-refractivity contribution in [2.45, 2.75) is 348 Å². The minimum Gasteiger partial charge on any atom is -0.462 e. The Hall–Kier alpha value is -2.89. The minimum atomic E-state index is -0.824. The van der Waals surface area contributed by atoms with Crippen molar-refractivity contribution in [3.8, 4) is 0 Å². The summed E-state index contributed by atoms with van der Waals surface area (Å²) in [5.41, 5.74) is 0. The zero-order chi connectivity index (χ0) is 54.3. The number of allylic oxidation sites excluding steroid dienone is 9. The lowest BCUT2D eigenvalue weighted by atomic mass is 10.0. The standard InChI is InChI=1S/C69H124O6/c1-4-7-10-13-16-18-20-22-24-25-26-27-28-29-30-31-32-33-34-35-36-37-38-39-40-41-42-43-45-46-48-50-53-56-59-62-68(71)74-65-66(64-73-67(70)61-58-55-52-15-12-9-6-3)75-69(72)63-60-57-54-51-49-47-44-23-21-19-17-14-11-8-5-2/h8,11,17,19,23,44,49,51,57,60,66H,4-7,9-10,12-16,18,20-22,24-43,45-48,50,52-56,58-59,61-65H2,1-3H3/b11-8-,19-17-,44-23-,51-49-,60-57-. The first-order chi connectivity index (χ1) is 37.0. The summed E-state index contributed by atoms with van der Waals surface area (Å²) in [7, 11) is 0. The fourth-order valence-electron chi connectivity index (χ4n) is 9.70. The Balaban J connectivity index is 3.95. The summed E-state index contributed by atoms with van der Waals surface area (Å²) in [5, 5.41) is 0. The van der Waals surface area contributed by atoms with Crippen LogP contribution in [0.1, 0.15) is 342 Å². The molecule has 0 aliphatic carbocycles. The van der Waals surface area contributed by atoms with Gasteiger partial charge in [-0.3, -0.25) is 14.4 Å². The van der Waals surface area contributed by atoms with Gasteiger partial charge in [0.15, 0.2) is 6.10 Å². The van der Waals surface area contributed by atoms with Crippen LogP contribution in [-0.4, -0.2) is 37.2 Å². The van der Waals surface area contributed by atoms with Crippen LogP contribution < -0.4 is 0 Å². The lowest BCUT2D eigenvalue weighted by molar-refractivity contribution is -0.166. The topological polar surface area (TPSA) is 78.9 Å². The summed E-state index contributed by atoms with van der Waals surface area (Å²) < 4.78 is 16.7. The van der Waals surface area contributed by atoms with Crippen LogP contribution in [0.4, 0.5) is 0 Å². The number of unbranched alkanes of at least 4 members (excludes halogenated alkanes) is 40. The highest BCUT2D eigenvalue weighted by molar-refractivity contribution is 5.72. The van der Waals surface area contributed by atoms with Gasteiger partial charge in [-0.15, -0.1) is 0 Å². The summed E-state index contributed by atoms with van der Waals surface area (Å²) >= 11 is 0. The molecule has 6 nitrogen and oxygen atoms in total. The molecule has 0 aliphatic heterocycles. The van der Waals surface area contributed by atoms with E-state index in [0.717, 1.165) is 70.6 Å². The fourth-order valence-corrected chi connectivity index (χ4v) is 9.70. The second-order valence-electron chi connectivity index (χ2n) is 22.0. The number of carbonyl (C=O) groups is 3. The summed E-state index contributed by atoms with van der Waals surface area (Å²) in [6.07, 6.45) is 81.9. The molecule has 0 heterocycles. The normalized spacial score (nSPS) is 12.4. The van der Waals surface area contributed by atoms with Crippen LogP contribution in [0.5, 0.6) is 0 Å². The number of hydrogen-bond acceptors (Lipinski definition) is 6. The fraction of sp³-hybridized carbons (Fsp3) is 0.812. The van der Waals surface area contributed by atoms with E-state index >= 15 is 0 Å². The maximum Gasteiger partial charge on any atom is 0.310 e. The third kappa shape index (κ3) is 61.8. The van der Waals surface area contributed by atoms with Crippen LogP contribution in [-0.2, 0) is 28.6 Å². The molecule has 436 valence electrons. The molecule has 0 aliphatic rings. The Bertz CT molecular complexity index is 1340. The Labute approximate surface area is 466 Å². The molecule has 0 amide bonds. The molecule has 0 aromatic heterocycles. The number of carbonyl (C=O) groups excluding carboxylic acids is 3. The summed E-state index contributed by atoms with van der Waals surface area (Å²) in [6, 6.07) is 0. The first-order valence-electron chi connectivity index (χ1n) is 32.8. The van der Waals surface area contributed by atoms with E-state index in [-0.39, 0.29) is 31.6 Å². The third-order valence-electron chi connectivity index (χ3n) is 14.6. The smallest absolute Gasteiger partial charge is 0.310 e. The molecule has 0 spiro atoms. The molecule has 0 fully saturated rings. The monoisotopic (exact) mass is 1050 g/mol. The predicted octanol–water partition coefficient (Wildman–Crippen LogP) is 22.3. The quantitative estimate of drug-likeness (QED) is 0.0261. The first kappa shape index (κ1) is 72.1. The van der Waals surface area contributed by atoms with E-state index < -0.39 is 12.1 Å². The van der Waals surface area contributed by atoms with Gasteiger partial charge >= 0.3 is 17.9 Å². The van der Waals surface area contributed by atoms with Crippen molar-refractivity contribution in [3.05, 3.63) is 60.8 Å². The zero-order valence-electron chi connectivity index (χ0n) is 50.1. The van der Waals surface area contributed by atoms with Crippen molar-refractivity contribution in [3.63, 3.8) is 0 Å². The van der Waals surface area contributed by atoms with E-state index in [2.05, 4.69) is 69.4 Å². The number of rotatable bonds is 60. The van der Waals surface area contributed by atoms with Gasteiger partial charge in [-0.1, -0.05) is 338 Å². The van der Waals surface area contributed by atoms with Gasteiger partial charge in [0.2, 0.25) is 0 Å². The number of esters is 3. The Morgan fingerprint density at radius 1 is 0.280 bits per heavy atom. The van der Waals surface area contributed by atoms with E-state index in [1.807, 2.05) is 6.08 Å². The highest BCUT2D eigenvalue weighted by Gasteiger charge is 2.19. The second kappa shape index (κ2) is 63.6. The second-order valence-corrected chi connectivity index (χ2v) is 22.0. The van der Waals surface area contributed by atoms with E-state index in [4.69, 9.17) is 14.2 Å². The van der Waals surface area contributed by atoms with Crippen molar-refractivity contribution in [2.75, 3.05) is 13.2 Å². The van der Waals surface area contributed by atoms with E-state index in [1.54, 1.807) is 6.08 Å². The lowest BCUT2D eigenvalue weighted by Gasteiger charge is -2.18. The first-order valence-corrected chi connectivity index (χ1v) is 32.8. The lowest BCUT2D eigenvalue weighted by Crippen LogP contribution is -2.30. The molecular weight excluding hydrogens is 925 g/mol. The van der Waals surface area contributed by atoms with Gasteiger partial charge in [-0.25, -0.2) is 0 Å². The van der Waals surface area contributed by atoms with Crippen LogP contribution in [0.15, 0.2) is 60.8 Å². The van der Waals surface area contributed by atoms with E-state index in [1.165, 1.54) is 231 Å². The van der Waals surface area contributed by atoms with Gasteiger partial charge in [0.05, 0.1) is 6.42 Å². The molecule has 0 N–H and O–H groups in total. The van der Waals surface area contributed by atoms with E-state index in [9.17, 15) is 14.4 Å². The van der Waals surface area contributed by atoms with Gasteiger partial charge in [-0.05, 0) is 44.9 Å². The molecule has 75 heavy (non-hydrogen) atoms. The molecular formula is C69H124O6. The number of hydrogen-bond donors (Lipinski definition) is 0. The molecule has 0 radical (unpaired) electrons. The molecule has 0 saturated carbocycles. The van der Waals surface area contributed by atoms with Crippen LogP contribution in [0.25, 0.3) is 0 Å². The molecule has 1 atom stereocenters. The molecule has 6 heteroatoms. The third-order valence-corrected chi connectivity index (χ3v) is 14.6. The average molecular weight is 1050 g/mol. The van der Waals surface area contributed by atoms with Crippen LogP contribution in [0.2, 0.25) is 0 Å². The Morgan fingerprint density at radius 3 is 0.760 bits per heavy atom. The van der Waals surface area contributed by atoms with Crippen molar-refractivity contribution in [1.29, 1.82) is 0 Å². The van der Waals surface area contributed by atoms with E-state index in [0.29, 0.717) is 12.8 Å². The zero-order valence-corrected chi connectivity index (χ0v) is 50.1. The molecule has 0 aromatic carbocycles. The number of ether oxygens (including phenoxy) is 3. The molecule has 0 rings (SSSR count). The molecule has 0 aromatic rings. The van der Waals surface area contributed by atoms with Crippen molar-refractivity contribution in [2.24, 2.45) is 0 Å². The van der Waals surface area contributed by atoms with Crippen LogP contribution in [0.3, 0.4) is 0 Å². The summed E-state index contributed by atoms with van der Waals surface area (Å²) in [4.78, 5) is 37.9. The van der Waals surface area contributed by atoms with Crippen molar-refractivity contribution >= 4 is 17.9 Å². The highest BCUT2D eigenvalue weighted by Crippen LogP contribution is 2.18. The molecule has 0 bridgehead atoms. The highest BCUT2D eigenvalue weighted by atomic mass is 16.6.